The Morgan fingerprint density at radius 2 is 2.25 bits per heavy atom. The second-order valence-electron chi connectivity index (χ2n) is 6.10. The summed E-state index contributed by atoms with van der Waals surface area (Å²) in [6, 6.07) is 0. The van der Waals surface area contributed by atoms with E-state index in [2.05, 4.69) is 28.3 Å². The van der Waals surface area contributed by atoms with E-state index < -0.39 is 0 Å². The zero-order valence-electron chi connectivity index (χ0n) is 12.1. The van der Waals surface area contributed by atoms with Gasteiger partial charge >= 0.3 is 6.09 Å². The Bertz CT molecular complexity index is 518. The summed E-state index contributed by atoms with van der Waals surface area (Å²) in [5, 5.41) is 4.22. The first-order chi connectivity index (χ1) is 9.49. The molecule has 0 saturated carbocycles. The van der Waals surface area contributed by atoms with E-state index >= 15 is 0 Å². The monoisotopic (exact) mass is 296 g/mol. The van der Waals surface area contributed by atoms with E-state index in [0.29, 0.717) is 12.5 Å². The Labute approximate surface area is 122 Å². The van der Waals surface area contributed by atoms with Crippen molar-refractivity contribution in [2.24, 2.45) is 0 Å². The molecule has 1 amide bonds. The average molecular weight is 296 g/mol. The van der Waals surface area contributed by atoms with E-state index in [0.717, 1.165) is 31.7 Å². The van der Waals surface area contributed by atoms with Gasteiger partial charge in [-0.15, -0.1) is 5.10 Å². The molecule has 0 aromatic carbocycles. The number of likely N-dealkylation sites (tertiary alicyclic amines) is 1. The molecule has 7 heteroatoms. The molecule has 1 unspecified atom stereocenters. The molecule has 0 radical (unpaired) electrons. The first-order valence-corrected chi connectivity index (χ1v) is 7.74. The van der Waals surface area contributed by atoms with E-state index in [1.165, 1.54) is 16.4 Å². The van der Waals surface area contributed by atoms with Crippen molar-refractivity contribution < 1.29 is 9.53 Å². The van der Waals surface area contributed by atoms with Gasteiger partial charge in [0, 0.05) is 33.1 Å². The number of hydrogen-bond donors (Lipinski definition) is 0. The molecule has 2 aliphatic rings. The second kappa shape index (κ2) is 4.96. The molecule has 0 bridgehead atoms. The predicted molar refractivity (Wildman–Crippen MR) is 75.7 cm³/mol. The molecule has 2 aliphatic heterocycles. The Balaban J connectivity index is 1.66. The Kier molecular flexibility index (Phi) is 3.41. The lowest BCUT2D eigenvalue weighted by Crippen LogP contribution is -2.37. The molecule has 1 aromatic rings. The highest BCUT2D eigenvalue weighted by Crippen LogP contribution is 2.33. The highest BCUT2D eigenvalue weighted by molar-refractivity contribution is 7.05. The van der Waals surface area contributed by atoms with Gasteiger partial charge in [0.25, 0.3) is 0 Å². The second-order valence-corrected chi connectivity index (χ2v) is 6.94. The summed E-state index contributed by atoms with van der Waals surface area (Å²) in [4.78, 5) is 16.8. The van der Waals surface area contributed by atoms with Gasteiger partial charge in [0.1, 0.15) is 5.60 Å². The van der Waals surface area contributed by atoms with Crippen LogP contribution in [0.5, 0.6) is 0 Å². The van der Waals surface area contributed by atoms with Gasteiger partial charge in [-0.05, 0) is 17.5 Å². The van der Waals surface area contributed by atoms with Crippen LogP contribution in [0.25, 0.3) is 0 Å². The van der Waals surface area contributed by atoms with Crippen molar-refractivity contribution in [2.75, 3.05) is 26.7 Å². The topological polar surface area (TPSA) is 58.6 Å². The van der Waals surface area contributed by atoms with Crippen LogP contribution < -0.4 is 0 Å². The van der Waals surface area contributed by atoms with Crippen LogP contribution in [-0.4, -0.2) is 57.8 Å². The largest absolute Gasteiger partial charge is 0.439 e. The number of rotatable bonds is 3. The zero-order chi connectivity index (χ0) is 14.3. The summed E-state index contributed by atoms with van der Waals surface area (Å²) in [6.07, 6.45) is 0.709. The standard InChI is InChI=1S/C13H20N4O2S/c1-9(2)11-10(20-15-14-11)6-17-5-4-13(8-17)7-16(3)12(18)19-13/h9H,4-8H2,1-3H3. The highest BCUT2D eigenvalue weighted by Gasteiger charge is 2.48. The molecule has 6 nitrogen and oxygen atoms in total. The van der Waals surface area contributed by atoms with Gasteiger partial charge in [0.15, 0.2) is 0 Å². The summed E-state index contributed by atoms with van der Waals surface area (Å²) in [7, 11) is 1.80. The van der Waals surface area contributed by atoms with Crippen LogP contribution in [0.4, 0.5) is 4.79 Å². The van der Waals surface area contributed by atoms with Crippen LogP contribution in [0.15, 0.2) is 0 Å². The molecule has 1 spiro atoms. The zero-order valence-corrected chi connectivity index (χ0v) is 12.9. The van der Waals surface area contributed by atoms with Gasteiger partial charge in [-0.3, -0.25) is 4.90 Å². The van der Waals surface area contributed by atoms with E-state index in [4.69, 9.17) is 4.74 Å². The normalized spacial score (nSPS) is 27.0. The van der Waals surface area contributed by atoms with E-state index in [9.17, 15) is 4.79 Å². The fraction of sp³-hybridized carbons (Fsp3) is 0.769. The average Bonchev–Trinajstić information content (AvgIpc) is 3.03. The number of hydrogen-bond acceptors (Lipinski definition) is 6. The smallest absolute Gasteiger partial charge is 0.410 e. The lowest BCUT2D eigenvalue weighted by molar-refractivity contribution is 0.0628. The third-order valence-corrected chi connectivity index (χ3v) is 4.76. The summed E-state index contributed by atoms with van der Waals surface area (Å²) in [6.45, 7) is 7.59. The van der Waals surface area contributed by atoms with E-state index in [-0.39, 0.29) is 11.7 Å². The van der Waals surface area contributed by atoms with E-state index in [1.54, 1.807) is 11.9 Å². The van der Waals surface area contributed by atoms with Gasteiger partial charge < -0.3 is 9.64 Å². The van der Waals surface area contributed by atoms with Crippen molar-refractivity contribution in [1.29, 1.82) is 0 Å². The van der Waals surface area contributed by atoms with Gasteiger partial charge in [0.05, 0.1) is 17.1 Å². The summed E-state index contributed by atoms with van der Waals surface area (Å²) < 4.78 is 9.64. The Morgan fingerprint density at radius 1 is 1.45 bits per heavy atom. The van der Waals surface area contributed by atoms with Crippen LogP contribution in [0.2, 0.25) is 0 Å². The molecule has 1 atom stereocenters. The molecule has 20 heavy (non-hydrogen) atoms. The lowest BCUT2D eigenvalue weighted by Gasteiger charge is -2.21. The van der Waals surface area contributed by atoms with Crippen molar-refractivity contribution in [3.63, 3.8) is 0 Å². The maximum absolute atomic E-state index is 11.6. The third-order valence-electron chi connectivity index (χ3n) is 4.04. The lowest BCUT2D eigenvalue weighted by atomic mass is 10.0. The summed E-state index contributed by atoms with van der Waals surface area (Å²) in [5.74, 6) is 0.399. The fourth-order valence-corrected chi connectivity index (χ4v) is 3.87. The first-order valence-electron chi connectivity index (χ1n) is 6.97. The summed E-state index contributed by atoms with van der Waals surface area (Å²) >= 11 is 1.48. The SMILES string of the molecule is CC(C)c1nnsc1CN1CCC2(C1)CN(C)C(=O)O2. The van der Waals surface area contributed by atoms with Crippen molar-refractivity contribution in [1.82, 2.24) is 19.4 Å². The van der Waals surface area contributed by atoms with E-state index in [1.807, 2.05) is 0 Å². The third kappa shape index (κ3) is 2.40. The van der Waals surface area contributed by atoms with Crippen LogP contribution >= 0.6 is 11.5 Å². The number of aromatic nitrogens is 2. The summed E-state index contributed by atoms with van der Waals surface area (Å²) in [5.41, 5.74) is 0.790. The molecule has 3 rings (SSSR count). The predicted octanol–water partition coefficient (Wildman–Crippen LogP) is 1.69. The van der Waals surface area contributed by atoms with Crippen molar-refractivity contribution in [3.8, 4) is 0 Å². The number of carbonyl (C=O) groups excluding carboxylic acids is 1. The van der Waals surface area contributed by atoms with Crippen molar-refractivity contribution in [3.05, 3.63) is 10.6 Å². The van der Waals surface area contributed by atoms with Gasteiger partial charge in [-0.25, -0.2) is 4.79 Å². The van der Waals surface area contributed by atoms with Crippen LogP contribution in [-0.2, 0) is 11.3 Å². The molecule has 2 fully saturated rings. The minimum atomic E-state index is -0.304. The number of likely N-dealkylation sites (N-methyl/N-ethyl adjacent to an activating group) is 1. The molecule has 110 valence electrons. The number of nitrogens with zero attached hydrogens (tertiary/aromatic N) is 4. The van der Waals surface area contributed by atoms with Crippen LogP contribution in [0, 0.1) is 0 Å². The number of amides is 1. The maximum atomic E-state index is 11.6. The molecule has 0 N–H and O–H groups in total. The minimum Gasteiger partial charge on any atom is -0.439 e. The van der Waals surface area contributed by atoms with Gasteiger partial charge in [-0.2, -0.15) is 0 Å². The fourth-order valence-electron chi connectivity index (χ4n) is 3.03. The van der Waals surface area contributed by atoms with Gasteiger partial charge in [-0.1, -0.05) is 18.3 Å². The molecular formula is C13H20N4O2S. The van der Waals surface area contributed by atoms with Crippen molar-refractivity contribution in [2.45, 2.75) is 38.3 Å². The van der Waals surface area contributed by atoms with Crippen LogP contribution in [0.3, 0.4) is 0 Å². The number of ether oxygens (including phenoxy) is 1. The first kappa shape index (κ1) is 13.8. The van der Waals surface area contributed by atoms with Gasteiger partial charge in [0.2, 0.25) is 0 Å². The Hall–Kier alpha value is -1.21. The maximum Gasteiger partial charge on any atom is 0.410 e. The quantitative estimate of drug-likeness (QED) is 0.849. The molecule has 2 saturated heterocycles. The highest BCUT2D eigenvalue weighted by atomic mass is 32.1. The molecule has 1 aromatic heterocycles. The minimum absolute atomic E-state index is 0.200. The molecular weight excluding hydrogens is 276 g/mol. The number of carbonyl (C=O) groups is 1. The Morgan fingerprint density at radius 3 is 2.90 bits per heavy atom. The van der Waals surface area contributed by atoms with Crippen LogP contribution in [0.1, 0.15) is 36.8 Å². The van der Waals surface area contributed by atoms with Crippen molar-refractivity contribution >= 4 is 17.6 Å². The molecule has 0 aliphatic carbocycles. The molecule has 3 heterocycles.